The van der Waals surface area contributed by atoms with Crippen molar-refractivity contribution in [3.05, 3.63) is 23.8 Å². The van der Waals surface area contributed by atoms with Crippen LogP contribution >= 0.6 is 0 Å². The molecule has 3 N–H and O–H groups in total. The number of hydrogen-bond acceptors (Lipinski definition) is 5. The fourth-order valence-electron chi connectivity index (χ4n) is 2.32. The molecule has 0 saturated carbocycles. The van der Waals surface area contributed by atoms with E-state index in [0.717, 1.165) is 12.5 Å². The fraction of sp³-hybridized carbons (Fsp3) is 0.462. The fourth-order valence-corrected chi connectivity index (χ4v) is 2.86. The topological polar surface area (TPSA) is 110 Å². The normalized spacial score (nSPS) is 19.5. The summed E-state index contributed by atoms with van der Waals surface area (Å²) in [5.74, 6) is -1.19. The molecule has 1 saturated heterocycles. The molecule has 0 amide bonds. The second kappa shape index (κ2) is 6.00. The summed E-state index contributed by atoms with van der Waals surface area (Å²) < 4.78 is 28.2. The van der Waals surface area contributed by atoms with Crippen molar-refractivity contribution in [1.82, 2.24) is 0 Å². The number of sulfonamides is 1. The highest BCUT2D eigenvalue weighted by Gasteiger charge is 2.24. The maximum absolute atomic E-state index is 11.4. The van der Waals surface area contributed by atoms with Gasteiger partial charge in [-0.3, -0.25) is 0 Å². The van der Waals surface area contributed by atoms with Crippen LogP contribution in [0.2, 0.25) is 0 Å². The number of primary sulfonamides is 1. The highest BCUT2D eigenvalue weighted by molar-refractivity contribution is 7.89. The van der Waals surface area contributed by atoms with Gasteiger partial charge in [0.15, 0.2) is 0 Å². The Hall–Kier alpha value is -1.64. The number of benzene rings is 1. The first-order valence-corrected chi connectivity index (χ1v) is 8.14. The van der Waals surface area contributed by atoms with Gasteiger partial charge >= 0.3 is 5.97 Å². The SMILES string of the molecule is CCC1CN(c2ccc(S(N)(=O)=O)cc2C(=O)O)CCO1. The van der Waals surface area contributed by atoms with Crippen molar-refractivity contribution in [2.75, 3.05) is 24.6 Å². The van der Waals surface area contributed by atoms with Gasteiger partial charge < -0.3 is 14.7 Å². The average Bonchev–Trinajstić information content (AvgIpc) is 2.45. The van der Waals surface area contributed by atoms with E-state index in [9.17, 15) is 18.3 Å². The standard InChI is InChI=1S/C13H18N2O5S/c1-2-9-8-15(5-6-20-9)12-4-3-10(21(14,18)19)7-11(12)13(16)17/h3-4,7,9H,2,5-6,8H2,1H3,(H,16,17)(H2,14,18,19). The third kappa shape index (κ3) is 3.52. The van der Waals surface area contributed by atoms with Crippen molar-refractivity contribution in [1.29, 1.82) is 0 Å². The molecule has 116 valence electrons. The van der Waals surface area contributed by atoms with Crippen molar-refractivity contribution < 1.29 is 23.1 Å². The van der Waals surface area contributed by atoms with Crippen LogP contribution in [0.5, 0.6) is 0 Å². The number of morpholine rings is 1. The van der Waals surface area contributed by atoms with Crippen molar-refractivity contribution in [3.8, 4) is 0 Å². The van der Waals surface area contributed by atoms with E-state index in [1.165, 1.54) is 12.1 Å². The van der Waals surface area contributed by atoms with Gasteiger partial charge in [-0.15, -0.1) is 0 Å². The maximum Gasteiger partial charge on any atom is 0.337 e. The van der Waals surface area contributed by atoms with E-state index in [-0.39, 0.29) is 16.6 Å². The minimum Gasteiger partial charge on any atom is -0.478 e. The zero-order valence-corrected chi connectivity index (χ0v) is 12.5. The molecule has 2 rings (SSSR count). The van der Waals surface area contributed by atoms with Crippen LogP contribution < -0.4 is 10.0 Å². The molecule has 1 aromatic rings. The Kier molecular flexibility index (Phi) is 4.50. The molecule has 8 heteroatoms. The number of nitrogens with two attached hydrogens (primary N) is 1. The van der Waals surface area contributed by atoms with Crippen LogP contribution in [-0.2, 0) is 14.8 Å². The smallest absolute Gasteiger partial charge is 0.337 e. The van der Waals surface area contributed by atoms with Crippen LogP contribution in [0.25, 0.3) is 0 Å². The van der Waals surface area contributed by atoms with Crippen molar-refractivity contribution in [2.45, 2.75) is 24.3 Å². The molecule has 0 bridgehead atoms. The number of aromatic carboxylic acids is 1. The number of anilines is 1. The minimum atomic E-state index is -3.93. The lowest BCUT2D eigenvalue weighted by atomic mass is 10.1. The molecule has 0 aliphatic carbocycles. The zero-order chi connectivity index (χ0) is 15.6. The molecule has 1 fully saturated rings. The highest BCUT2D eigenvalue weighted by atomic mass is 32.2. The number of ether oxygens (including phenoxy) is 1. The van der Waals surface area contributed by atoms with E-state index < -0.39 is 16.0 Å². The molecule has 1 aliphatic rings. The summed E-state index contributed by atoms with van der Waals surface area (Å²) in [5, 5.41) is 14.4. The second-order valence-electron chi connectivity index (χ2n) is 4.88. The van der Waals surface area contributed by atoms with E-state index in [4.69, 9.17) is 9.88 Å². The highest BCUT2D eigenvalue weighted by Crippen LogP contribution is 2.26. The monoisotopic (exact) mass is 314 g/mol. The van der Waals surface area contributed by atoms with Gasteiger partial charge in [0, 0.05) is 13.1 Å². The molecule has 1 heterocycles. The zero-order valence-electron chi connectivity index (χ0n) is 11.7. The first kappa shape index (κ1) is 15.7. The Bertz CT molecular complexity index is 644. The molecule has 0 spiro atoms. The Morgan fingerprint density at radius 2 is 2.24 bits per heavy atom. The summed E-state index contributed by atoms with van der Waals surface area (Å²) in [5.41, 5.74) is 0.412. The van der Waals surface area contributed by atoms with Crippen LogP contribution in [0.3, 0.4) is 0 Å². The lowest BCUT2D eigenvalue weighted by Gasteiger charge is -2.34. The van der Waals surface area contributed by atoms with Gasteiger partial charge in [-0.2, -0.15) is 0 Å². The van der Waals surface area contributed by atoms with E-state index in [1.54, 1.807) is 0 Å². The summed E-state index contributed by atoms with van der Waals surface area (Å²) >= 11 is 0. The lowest BCUT2D eigenvalue weighted by Crippen LogP contribution is -2.42. The Balaban J connectivity index is 2.41. The van der Waals surface area contributed by atoms with E-state index in [0.29, 0.717) is 25.4 Å². The van der Waals surface area contributed by atoms with E-state index >= 15 is 0 Å². The second-order valence-corrected chi connectivity index (χ2v) is 6.44. The first-order chi connectivity index (χ1) is 9.82. The molecule has 0 radical (unpaired) electrons. The molecule has 1 aromatic carbocycles. The van der Waals surface area contributed by atoms with E-state index in [2.05, 4.69) is 0 Å². The van der Waals surface area contributed by atoms with E-state index in [1.807, 2.05) is 11.8 Å². The largest absolute Gasteiger partial charge is 0.478 e. The molecule has 1 atom stereocenters. The van der Waals surface area contributed by atoms with Crippen molar-refractivity contribution >= 4 is 21.7 Å². The quantitative estimate of drug-likeness (QED) is 0.844. The molecule has 1 aliphatic heterocycles. The van der Waals surface area contributed by atoms with Crippen LogP contribution in [0.1, 0.15) is 23.7 Å². The Morgan fingerprint density at radius 1 is 1.52 bits per heavy atom. The molecule has 7 nitrogen and oxygen atoms in total. The third-order valence-corrected chi connectivity index (χ3v) is 4.37. The van der Waals surface area contributed by atoms with Crippen LogP contribution in [-0.4, -0.2) is 45.3 Å². The number of hydrogen-bond donors (Lipinski definition) is 2. The van der Waals surface area contributed by atoms with Gasteiger partial charge in [-0.25, -0.2) is 18.4 Å². The number of rotatable bonds is 4. The van der Waals surface area contributed by atoms with Gasteiger partial charge in [-0.1, -0.05) is 6.92 Å². The number of nitrogens with zero attached hydrogens (tertiary/aromatic N) is 1. The molecular weight excluding hydrogens is 296 g/mol. The Labute approximate surface area is 123 Å². The predicted octanol–water partition coefficient (Wildman–Crippen LogP) is 0.647. The van der Waals surface area contributed by atoms with Gasteiger partial charge in [0.05, 0.1) is 28.9 Å². The number of carboxylic acids is 1. The summed E-state index contributed by atoms with van der Waals surface area (Å²) in [6, 6.07) is 3.91. The summed E-state index contributed by atoms with van der Waals surface area (Å²) in [6.45, 7) is 3.64. The summed E-state index contributed by atoms with van der Waals surface area (Å²) in [4.78, 5) is 13.1. The number of carboxylic acid groups (broad SMARTS) is 1. The van der Waals surface area contributed by atoms with Crippen LogP contribution in [0.4, 0.5) is 5.69 Å². The molecular formula is C13H18N2O5S. The summed E-state index contributed by atoms with van der Waals surface area (Å²) in [7, 11) is -3.93. The van der Waals surface area contributed by atoms with Crippen molar-refractivity contribution in [3.63, 3.8) is 0 Å². The van der Waals surface area contributed by atoms with Gasteiger partial charge in [0.25, 0.3) is 0 Å². The van der Waals surface area contributed by atoms with Crippen LogP contribution in [0.15, 0.2) is 23.1 Å². The van der Waals surface area contributed by atoms with Gasteiger partial charge in [0.2, 0.25) is 10.0 Å². The number of carbonyl (C=O) groups is 1. The molecule has 0 aromatic heterocycles. The molecule has 21 heavy (non-hydrogen) atoms. The minimum absolute atomic E-state index is 0.0401. The maximum atomic E-state index is 11.4. The summed E-state index contributed by atoms with van der Waals surface area (Å²) in [6.07, 6.45) is 0.868. The molecule has 1 unspecified atom stereocenters. The first-order valence-electron chi connectivity index (χ1n) is 6.59. The van der Waals surface area contributed by atoms with Gasteiger partial charge in [0.1, 0.15) is 0 Å². The lowest BCUT2D eigenvalue weighted by molar-refractivity contribution is 0.0382. The van der Waals surface area contributed by atoms with Crippen molar-refractivity contribution in [2.24, 2.45) is 5.14 Å². The van der Waals surface area contributed by atoms with Crippen LogP contribution in [0, 0.1) is 0 Å². The Morgan fingerprint density at radius 3 is 2.81 bits per heavy atom. The van der Waals surface area contributed by atoms with Gasteiger partial charge in [-0.05, 0) is 24.6 Å². The predicted molar refractivity (Wildman–Crippen MR) is 77.0 cm³/mol. The average molecular weight is 314 g/mol. The third-order valence-electron chi connectivity index (χ3n) is 3.46.